The number of fused-ring (bicyclic) bond motifs is 1. The molecule has 0 aromatic heterocycles. The van der Waals surface area contributed by atoms with E-state index in [9.17, 15) is 4.39 Å². The van der Waals surface area contributed by atoms with E-state index in [0.717, 1.165) is 30.7 Å². The summed E-state index contributed by atoms with van der Waals surface area (Å²) in [4.78, 5) is 2.13. The molecule has 0 spiro atoms. The standard InChI is InChI=1S/C13H17FN2/c1-16(2)8-7-15-11-4-5-12-10(9-11)3-6-13(12)14/h3-6,15H,7-9H2,1-2H3. The maximum Gasteiger partial charge on any atom is 0.130 e. The number of allylic oxidation sites excluding steroid dienone is 7. The molecule has 1 N–H and O–H groups in total. The van der Waals surface area contributed by atoms with Crippen molar-refractivity contribution in [1.82, 2.24) is 10.2 Å². The van der Waals surface area contributed by atoms with Gasteiger partial charge >= 0.3 is 0 Å². The van der Waals surface area contributed by atoms with E-state index in [1.165, 1.54) is 11.8 Å². The molecule has 0 saturated carbocycles. The number of likely N-dealkylation sites (N-methyl/N-ethyl adjacent to an activating group) is 1. The maximum absolute atomic E-state index is 13.2. The van der Waals surface area contributed by atoms with Crippen molar-refractivity contribution in [1.29, 1.82) is 0 Å². The predicted molar refractivity (Wildman–Crippen MR) is 64.6 cm³/mol. The molecule has 0 fully saturated rings. The lowest BCUT2D eigenvalue weighted by molar-refractivity contribution is 0.407. The lowest BCUT2D eigenvalue weighted by atomic mass is 9.98. The zero-order chi connectivity index (χ0) is 11.5. The van der Waals surface area contributed by atoms with Gasteiger partial charge in [-0.15, -0.1) is 0 Å². The number of rotatable bonds is 4. The third-order valence-electron chi connectivity index (χ3n) is 2.78. The lowest BCUT2D eigenvalue weighted by Gasteiger charge is -2.18. The molecule has 0 amide bonds. The Hall–Kier alpha value is -1.35. The summed E-state index contributed by atoms with van der Waals surface area (Å²) in [6.45, 7) is 1.92. The third kappa shape index (κ3) is 2.42. The van der Waals surface area contributed by atoms with Gasteiger partial charge in [0.15, 0.2) is 0 Å². The summed E-state index contributed by atoms with van der Waals surface area (Å²) in [5, 5.41) is 3.37. The highest BCUT2D eigenvalue weighted by atomic mass is 19.1. The van der Waals surface area contributed by atoms with Gasteiger partial charge in [-0.2, -0.15) is 0 Å². The Morgan fingerprint density at radius 2 is 2.06 bits per heavy atom. The molecule has 0 atom stereocenters. The van der Waals surface area contributed by atoms with Gasteiger partial charge in [0.2, 0.25) is 0 Å². The molecule has 0 aromatic carbocycles. The Bertz CT molecular complexity index is 400. The Morgan fingerprint density at radius 3 is 2.81 bits per heavy atom. The zero-order valence-electron chi connectivity index (χ0n) is 9.76. The molecule has 2 aliphatic carbocycles. The van der Waals surface area contributed by atoms with Crippen LogP contribution in [-0.4, -0.2) is 32.1 Å². The molecule has 0 aliphatic heterocycles. The highest BCUT2D eigenvalue weighted by molar-refractivity contribution is 5.57. The maximum atomic E-state index is 13.2. The van der Waals surface area contributed by atoms with Gasteiger partial charge < -0.3 is 10.2 Å². The van der Waals surface area contributed by atoms with E-state index < -0.39 is 0 Å². The van der Waals surface area contributed by atoms with Crippen LogP contribution in [0.3, 0.4) is 0 Å². The van der Waals surface area contributed by atoms with E-state index in [0.29, 0.717) is 0 Å². The van der Waals surface area contributed by atoms with Crippen LogP contribution in [0.1, 0.15) is 6.42 Å². The second-order valence-corrected chi connectivity index (χ2v) is 4.39. The van der Waals surface area contributed by atoms with Gasteiger partial charge in [0, 0.05) is 30.8 Å². The van der Waals surface area contributed by atoms with Gasteiger partial charge in [-0.1, -0.05) is 12.2 Å². The predicted octanol–water partition coefficient (Wildman–Crippen LogP) is 2.15. The summed E-state index contributed by atoms with van der Waals surface area (Å²) >= 11 is 0. The average Bonchev–Trinajstić information content (AvgIpc) is 2.60. The Morgan fingerprint density at radius 1 is 1.25 bits per heavy atom. The smallest absolute Gasteiger partial charge is 0.130 e. The van der Waals surface area contributed by atoms with Crippen molar-refractivity contribution in [2.45, 2.75) is 6.42 Å². The SMILES string of the molecule is CN(C)CCNC1=CC=C2C(F)=CC=C2C1. The van der Waals surface area contributed by atoms with Crippen LogP contribution < -0.4 is 5.32 Å². The van der Waals surface area contributed by atoms with Gasteiger partial charge in [0.05, 0.1) is 0 Å². The topological polar surface area (TPSA) is 15.3 Å². The Kier molecular flexibility index (Phi) is 3.25. The van der Waals surface area contributed by atoms with Gasteiger partial charge in [-0.3, -0.25) is 0 Å². The van der Waals surface area contributed by atoms with Crippen LogP contribution >= 0.6 is 0 Å². The van der Waals surface area contributed by atoms with Crippen molar-refractivity contribution in [2.75, 3.05) is 27.2 Å². The van der Waals surface area contributed by atoms with Crippen molar-refractivity contribution >= 4 is 0 Å². The Labute approximate surface area is 95.8 Å². The summed E-state index contributed by atoms with van der Waals surface area (Å²) in [7, 11) is 4.10. The molecule has 2 aliphatic rings. The third-order valence-corrected chi connectivity index (χ3v) is 2.78. The molecule has 86 valence electrons. The van der Waals surface area contributed by atoms with Crippen molar-refractivity contribution in [3.8, 4) is 0 Å². The van der Waals surface area contributed by atoms with Crippen molar-refractivity contribution in [3.63, 3.8) is 0 Å². The van der Waals surface area contributed by atoms with Crippen LogP contribution in [0.2, 0.25) is 0 Å². The minimum Gasteiger partial charge on any atom is -0.387 e. The highest BCUT2D eigenvalue weighted by Gasteiger charge is 2.18. The summed E-state index contributed by atoms with van der Waals surface area (Å²) in [6, 6.07) is 0. The van der Waals surface area contributed by atoms with E-state index in [1.54, 1.807) is 0 Å². The molecule has 0 aromatic rings. The van der Waals surface area contributed by atoms with E-state index in [4.69, 9.17) is 0 Å². The molecule has 0 radical (unpaired) electrons. The number of halogens is 1. The lowest BCUT2D eigenvalue weighted by Crippen LogP contribution is -2.26. The van der Waals surface area contributed by atoms with Crippen LogP contribution in [0.25, 0.3) is 0 Å². The molecule has 0 heterocycles. The van der Waals surface area contributed by atoms with E-state index in [2.05, 4.69) is 10.2 Å². The summed E-state index contributed by atoms with van der Waals surface area (Å²) in [5.74, 6) is -0.112. The normalized spacial score (nSPS) is 18.8. The van der Waals surface area contributed by atoms with Crippen LogP contribution in [0, 0.1) is 0 Å². The highest BCUT2D eigenvalue weighted by Crippen LogP contribution is 2.33. The summed E-state index contributed by atoms with van der Waals surface area (Å²) < 4.78 is 13.2. The summed E-state index contributed by atoms with van der Waals surface area (Å²) in [6.07, 6.45) is 8.04. The molecule has 3 heteroatoms. The number of nitrogens with one attached hydrogen (secondary N) is 1. The minimum atomic E-state index is -0.112. The molecule has 0 unspecified atom stereocenters. The number of hydrogen-bond acceptors (Lipinski definition) is 2. The van der Waals surface area contributed by atoms with Crippen molar-refractivity contribution in [2.24, 2.45) is 0 Å². The fourth-order valence-corrected chi connectivity index (χ4v) is 1.86. The minimum absolute atomic E-state index is 0.112. The first-order chi connectivity index (χ1) is 7.66. The summed E-state index contributed by atoms with van der Waals surface area (Å²) in [5.41, 5.74) is 2.99. The molecule has 0 saturated heterocycles. The number of hydrogen-bond donors (Lipinski definition) is 1. The van der Waals surface area contributed by atoms with Gasteiger partial charge in [0.1, 0.15) is 5.83 Å². The van der Waals surface area contributed by atoms with E-state index in [-0.39, 0.29) is 5.83 Å². The van der Waals surface area contributed by atoms with E-state index >= 15 is 0 Å². The first kappa shape index (κ1) is 11.1. The second kappa shape index (κ2) is 4.66. The zero-order valence-corrected chi connectivity index (χ0v) is 9.76. The Balaban J connectivity index is 1.91. The van der Waals surface area contributed by atoms with Gasteiger partial charge in [-0.25, -0.2) is 4.39 Å². The van der Waals surface area contributed by atoms with Gasteiger partial charge in [-0.05, 0) is 31.8 Å². The first-order valence-corrected chi connectivity index (χ1v) is 5.53. The first-order valence-electron chi connectivity index (χ1n) is 5.53. The fourth-order valence-electron chi connectivity index (χ4n) is 1.86. The monoisotopic (exact) mass is 220 g/mol. The number of nitrogens with zero attached hydrogens (tertiary/aromatic N) is 1. The molecule has 16 heavy (non-hydrogen) atoms. The quantitative estimate of drug-likeness (QED) is 0.781. The van der Waals surface area contributed by atoms with Crippen LogP contribution in [0.4, 0.5) is 4.39 Å². The molecular formula is C13H17FN2. The molecular weight excluding hydrogens is 203 g/mol. The van der Waals surface area contributed by atoms with Gasteiger partial charge in [0.25, 0.3) is 0 Å². The van der Waals surface area contributed by atoms with Crippen molar-refractivity contribution in [3.05, 3.63) is 47.0 Å². The molecule has 2 nitrogen and oxygen atoms in total. The second-order valence-electron chi connectivity index (χ2n) is 4.39. The van der Waals surface area contributed by atoms with Crippen LogP contribution in [0.5, 0.6) is 0 Å². The largest absolute Gasteiger partial charge is 0.387 e. The molecule has 0 bridgehead atoms. The van der Waals surface area contributed by atoms with Crippen molar-refractivity contribution < 1.29 is 4.39 Å². The van der Waals surface area contributed by atoms with E-state index in [1.807, 2.05) is 32.3 Å². The van der Waals surface area contributed by atoms with Crippen LogP contribution in [-0.2, 0) is 0 Å². The van der Waals surface area contributed by atoms with Crippen LogP contribution in [0.15, 0.2) is 47.0 Å². The molecule has 2 rings (SSSR count). The average molecular weight is 220 g/mol. The fraction of sp³-hybridized carbons (Fsp3) is 0.385.